The second-order valence-electron chi connectivity index (χ2n) is 10.5. The van der Waals surface area contributed by atoms with Gasteiger partial charge in [0.25, 0.3) is 0 Å². The van der Waals surface area contributed by atoms with E-state index in [2.05, 4.69) is 58.3 Å². The van der Waals surface area contributed by atoms with Crippen LogP contribution in [0.4, 0.5) is 4.39 Å². The summed E-state index contributed by atoms with van der Waals surface area (Å²) in [5, 5.41) is 0. The van der Waals surface area contributed by atoms with Crippen LogP contribution in [0.25, 0.3) is 0 Å². The molecule has 1 heterocycles. The van der Waals surface area contributed by atoms with Gasteiger partial charge in [0.15, 0.2) is 0 Å². The lowest BCUT2D eigenvalue weighted by Crippen LogP contribution is -2.47. The minimum absolute atomic E-state index is 0.0200. The molecule has 0 spiro atoms. The number of ether oxygens (including phenoxy) is 1. The number of alkyl halides is 1. The molecule has 0 aromatic carbocycles. The molecule has 0 aromatic heterocycles. The molecule has 2 nitrogen and oxygen atoms in total. The van der Waals surface area contributed by atoms with Crippen LogP contribution in [0.5, 0.6) is 0 Å². The average Bonchev–Trinajstić information content (AvgIpc) is 2.52. The third-order valence-corrected chi connectivity index (χ3v) is 5.99. The van der Waals surface area contributed by atoms with E-state index in [-0.39, 0.29) is 11.5 Å². The number of halogens is 1. The van der Waals surface area contributed by atoms with Crippen LogP contribution in [-0.4, -0.2) is 43.4 Å². The lowest BCUT2D eigenvalue weighted by Gasteiger charge is -2.40. The Bertz CT molecular complexity index is 485. The van der Waals surface area contributed by atoms with Gasteiger partial charge in [-0.1, -0.05) is 32.6 Å². The number of likely N-dealkylation sites (tertiary alicyclic amines) is 1. The maximum absolute atomic E-state index is 14.5. The Kier molecular flexibility index (Phi) is 7.57. The van der Waals surface area contributed by atoms with Gasteiger partial charge in [-0.3, -0.25) is 4.90 Å². The summed E-state index contributed by atoms with van der Waals surface area (Å²) in [6.45, 7) is 16.2. The van der Waals surface area contributed by atoms with Crippen LogP contribution in [0.15, 0.2) is 0 Å². The molecule has 3 heteroatoms. The largest absolute Gasteiger partial charge is 0.362 e. The highest BCUT2D eigenvalue weighted by Crippen LogP contribution is 2.40. The van der Waals surface area contributed by atoms with E-state index in [1.165, 1.54) is 25.7 Å². The number of rotatable bonds is 4. The molecule has 150 valence electrons. The zero-order valence-corrected chi connectivity index (χ0v) is 17.9. The van der Waals surface area contributed by atoms with Crippen molar-refractivity contribution >= 4 is 0 Å². The highest BCUT2D eigenvalue weighted by atomic mass is 19.1. The van der Waals surface area contributed by atoms with Gasteiger partial charge in [-0.2, -0.15) is 0 Å². The lowest BCUT2D eigenvalue weighted by molar-refractivity contribution is -0.0386. The van der Waals surface area contributed by atoms with E-state index >= 15 is 0 Å². The van der Waals surface area contributed by atoms with Crippen LogP contribution in [0, 0.1) is 34.5 Å². The molecule has 2 aliphatic rings. The van der Waals surface area contributed by atoms with Crippen LogP contribution in [0.3, 0.4) is 0 Å². The quantitative estimate of drug-likeness (QED) is 0.625. The Morgan fingerprint density at radius 2 is 1.65 bits per heavy atom. The van der Waals surface area contributed by atoms with Gasteiger partial charge in [0.2, 0.25) is 0 Å². The second-order valence-corrected chi connectivity index (χ2v) is 10.5. The van der Waals surface area contributed by atoms with E-state index in [0.717, 1.165) is 31.3 Å². The van der Waals surface area contributed by atoms with Crippen molar-refractivity contribution in [3.05, 3.63) is 0 Å². The Hall–Kier alpha value is -0.590. The van der Waals surface area contributed by atoms with Crippen LogP contribution < -0.4 is 0 Å². The Morgan fingerprint density at radius 1 is 1.00 bits per heavy atom. The molecule has 1 saturated heterocycles. The zero-order valence-electron chi connectivity index (χ0n) is 17.9. The first-order valence-corrected chi connectivity index (χ1v) is 10.5. The lowest BCUT2D eigenvalue weighted by atomic mass is 9.70. The minimum Gasteiger partial charge on any atom is -0.362 e. The average molecular weight is 366 g/mol. The fourth-order valence-electron chi connectivity index (χ4n) is 4.33. The third-order valence-electron chi connectivity index (χ3n) is 5.99. The van der Waals surface area contributed by atoms with E-state index in [1.807, 2.05) is 0 Å². The van der Waals surface area contributed by atoms with Gasteiger partial charge >= 0.3 is 0 Å². The number of nitrogens with zero attached hydrogens (tertiary/aromatic N) is 1. The molecule has 0 aromatic rings. The van der Waals surface area contributed by atoms with Crippen molar-refractivity contribution < 1.29 is 9.13 Å². The van der Waals surface area contributed by atoms with Crippen molar-refractivity contribution in [2.45, 2.75) is 85.9 Å². The van der Waals surface area contributed by atoms with Crippen molar-refractivity contribution in [1.82, 2.24) is 4.90 Å². The van der Waals surface area contributed by atoms with Crippen molar-refractivity contribution in [2.75, 3.05) is 26.2 Å². The fourth-order valence-corrected chi connectivity index (χ4v) is 4.33. The summed E-state index contributed by atoms with van der Waals surface area (Å²) in [5.74, 6) is 7.77. The Balaban J connectivity index is 1.69. The first-order chi connectivity index (χ1) is 12.0. The molecule has 0 N–H and O–H groups in total. The number of hydrogen-bond acceptors (Lipinski definition) is 2. The van der Waals surface area contributed by atoms with Crippen molar-refractivity contribution in [3.63, 3.8) is 0 Å². The van der Waals surface area contributed by atoms with E-state index in [1.54, 1.807) is 0 Å². The standard InChI is InChI=1S/C23H40FNO/c1-22(2,3)13-7-15-26-21-12-14-25(17-20(21)24)16-18-8-10-19(11-9-18)23(4,5)6/h18-21H,8-12,14-17H2,1-6H3/t18?,19?,20-,21-/m0/s1. The maximum Gasteiger partial charge on any atom is 0.139 e. The van der Waals surface area contributed by atoms with Crippen molar-refractivity contribution in [2.24, 2.45) is 22.7 Å². The van der Waals surface area contributed by atoms with Gasteiger partial charge in [-0.15, -0.1) is 0 Å². The van der Waals surface area contributed by atoms with Crippen LogP contribution in [-0.2, 0) is 4.74 Å². The molecule has 1 aliphatic heterocycles. The van der Waals surface area contributed by atoms with Crippen molar-refractivity contribution in [1.29, 1.82) is 0 Å². The molecule has 26 heavy (non-hydrogen) atoms. The molecule has 2 fully saturated rings. The Labute approximate surface area is 161 Å². The van der Waals surface area contributed by atoms with Gasteiger partial charge in [-0.05, 0) is 70.1 Å². The maximum atomic E-state index is 14.5. The van der Waals surface area contributed by atoms with Gasteiger partial charge < -0.3 is 4.74 Å². The first kappa shape index (κ1) is 21.7. The first-order valence-electron chi connectivity index (χ1n) is 10.5. The molecular weight excluding hydrogens is 325 g/mol. The van der Waals surface area contributed by atoms with Crippen LogP contribution in [0.1, 0.15) is 73.6 Å². The summed E-state index contributed by atoms with van der Waals surface area (Å²) in [6.07, 6.45) is 4.90. The van der Waals surface area contributed by atoms with E-state index in [4.69, 9.17) is 4.74 Å². The van der Waals surface area contributed by atoms with Crippen molar-refractivity contribution in [3.8, 4) is 11.8 Å². The monoisotopic (exact) mass is 365 g/mol. The smallest absolute Gasteiger partial charge is 0.139 e. The summed E-state index contributed by atoms with van der Waals surface area (Å²) >= 11 is 0. The van der Waals surface area contributed by atoms with Gasteiger partial charge in [-0.25, -0.2) is 4.39 Å². The normalized spacial score (nSPS) is 31.3. The summed E-state index contributed by atoms with van der Waals surface area (Å²) < 4.78 is 20.2. The second kappa shape index (κ2) is 9.07. The SMILES string of the molecule is CC(C)(C)C#CCO[C@H]1CCN(CC2CCC(C(C)(C)C)CC2)C[C@@H]1F. The topological polar surface area (TPSA) is 12.5 Å². The summed E-state index contributed by atoms with van der Waals surface area (Å²) in [7, 11) is 0. The summed E-state index contributed by atoms with van der Waals surface area (Å²) in [4.78, 5) is 2.33. The predicted octanol–water partition coefficient (Wildman–Crippen LogP) is 5.32. The highest BCUT2D eigenvalue weighted by Gasteiger charge is 2.33. The molecule has 2 rings (SSSR count). The Morgan fingerprint density at radius 3 is 2.19 bits per heavy atom. The van der Waals surface area contributed by atoms with Gasteiger partial charge in [0, 0.05) is 25.0 Å². The molecular formula is C23H40FNO. The van der Waals surface area contributed by atoms with E-state index in [9.17, 15) is 4.39 Å². The molecule has 0 amide bonds. The number of hydrogen-bond donors (Lipinski definition) is 0. The van der Waals surface area contributed by atoms with Gasteiger partial charge in [0.05, 0.1) is 6.10 Å². The summed E-state index contributed by atoms with van der Waals surface area (Å²) in [5.41, 5.74) is 0.411. The van der Waals surface area contributed by atoms with Gasteiger partial charge in [0.1, 0.15) is 12.8 Å². The molecule has 2 atom stereocenters. The molecule has 1 aliphatic carbocycles. The minimum atomic E-state index is -0.883. The third kappa shape index (κ3) is 7.20. The predicted molar refractivity (Wildman–Crippen MR) is 108 cm³/mol. The fraction of sp³-hybridized carbons (Fsp3) is 0.913. The molecule has 0 unspecified atom stereocenters. The van der Waals surface area contributed by atoms with Crippen LogP contribution >= 0.6 is 0 Å². The van der Waals surface area contributed by atoms with Crippen LogP contribution in [0.2, 0.25) is 0 Å². The molecule has 0 bridgehead atoms. The van der Waals surface area contributed by atoms with E-state index < -0.39 is 6.17 Å². The molecule has 1 saturated carbocycles. The molecule has 0 radical (unpaired) electrons. The highest BCUT2D eigenvalue weighted by molar-refractivity contribution is 5.07. The number of piperidine rings is 1. The van der Waals surface area contributed by atoms with E-state index in [0.29, 0.717) is 18.6 Å². The summed E-state index contributed by atoms with van der Waals surface area (Å²) in [6, 6.07) is 0. The zero-order chi connectivity index (χ0) is 19.4.